The number of aromatic nitrogens is 1. The lowest BCUT2D eigenvalue weighted by molar-refractivity contribution is 0.217. The number of hydrogen-bond donors (Lipinski definition) is 0. The van der Waals surface area contributed by atoms with Gasteiger partial charge in [0.15, 0.2) is 0 Å². The lowest BCUT2D eigenvalue weighted by atomic mass is 10.1. The van der Waals surface area contributed by atoms with Crippen LogP contribution in [0.25, 0.3) is 10.8 Å². The van der Waals surface area contributed by atoms with Crippen LogP contribution in [0.5, 0.6) is 0 Å². The first-order valence-corrected chi connectivity index (χ1v) is 6.64. The molecule has 0 unspecified atom stereocenters. The van der Waals surface area contributed by atoms with E-state index < -0.39 is 0 Å². The zero-order valence-corrected chi connectivity index (χ0v) is 11.0. The number of likely N-dealkylation sites (tertiary alicyclic amines) is 1. The van der Waals surface area contributed by atoms with Crippen molar-refractivity contribution in [3.8, 4) is 0 Å². The number of carbonyl (C=O) groups excluding carboxylic acids is 1. The first-order valence-electron chi connectivity index (χ1n) is 6.64. The molecule has 1 fully saturated rings. The maximum absolute atomic E-state index is 12.4. The summed E-state index contributed by atoms with van der Waals surface area (Å²) in [6, 6.07) is 10.0. The van der Waals surface area contributed by atoms with E-state index in [1.165, 1.54) is 0 Å². The smallest absolute Gasteiger partial charge is 0.324 e. The van der Waals surface area contributed by atoms with Gasteiger partial charge in [-0.2, -0.15) is 0 Å². The summed E-state index contributed by atoms with van der Waals surface area (Å²) in [6.45, 7) is 1.71. The highest BCUT2D eigenvalue weighted by Crippen LogP contribution is 2.24. The van der Waals surface area contributed by atoms with E-state index in [2.05, 4.69) is 4.98 Å². The van der Waals surface area contributed by atoms with Crippen molar-refractivity contribution >= 4 is 22.6 Å². The fourth-order valence-corrected chi connectivity index (χ4v) is 2.58. The van der Waals surface area contributed by atoms with Crippen LogP contribution in [0, 0.1) is 0 Å². The minimum absolute atomic E-state index is 0.0429. The molecular formula is C15H17N3O. The molecule has 0 spiro atoms. The Bertz CT molecular complexity index is 600. The minimum atomic E-state index is 0.0429. The fraction of sp³-hybridized carbons (Fsp3) is 0.333. The second-order valence-electron chi connectivity index (χ2n) is 4.89. The molecule has 0 N–H and O–H groups in total. The van der Waals surface area contributed by atoms with Crippen LogP contribution in [0.2, 0.25) is 0 Å². The quantitative estimate of drug-likeness (QED) is 0.785. The van der Waals surface area contributed by atoms with Gasteiger partial charge in [-0.3, -0.25) is 4.90 Å². The molecule has 1 aromatic heterocycles. The third kappa shape index (κ3) is 2.14. The number of hydrogen-bond acceptors (Lipinski definition) is 2. The van der Waals surface area contributed by atoms with Gasteiger partial charge >= 0.3 is 6.03 Å². The molecule has 1 aromatic carbocycles. The van der Waals surface area contributed by atoms with Gasteiger partial charge < -0.3 is 4.90 Å². The molecule has 0 atom stereocenters. The van der Waals surface area contributed by atoms with Crippen molar-refractivity contribution in [3.63, 3.8) is 0 Å². The summed E-state index contributed by atoms with van der Waals surface area (Å²) in [4.78, 5) is 20.3. The molecule has 0 bridgehead atoms. The number of urea groups is 1. The highest BCUT2D eigenvalue weighted by Gasteiger charge is 2.23. The van der Waals surface area contributed by atoms with E-state index >= 15 is 0 Å². The fourth-order valence-electron chi connectivity index (χ4n) is 2.58. The van der Waals surface area contributed by atoms with Crippen molar-refractivity contribution in [2.45, 2.75) is 12.8 Å². The number of rotatable bonds is 1. The molecule has 1 aliphatic rings. The summed E-state index contributed by atoms with van der Waals surface area (Å²) in [7, 11) is 1.80. The molecule has 98 valence electrons. The number of nitrogens with zero attached hydrogens (tertiary/aromatic N) is 3. The third-order valence-electron chi connectivity index (χ3n) is 3.63. The van der Waals surface area contributed by atoms with E-state index in [1.54, 1.807) is 18.1 Å². The van der Waals surface area contributed by atoms with E-state index in [0.717, 1.165) is 42.5 Å². The average molecular weight is 255 g/mol. The lowest BCUT2D eigenvalue weighted by Crippen LogP contribution is -2.39. The largest absolute Gasteiger partial charge is 0.325 e. The second-order valence-corrected chi connectivity index (χ2v) is 4.89. The van der Waals surface area contributed by atoms with Gasteiger partial charge in [0.05, 0.1) is 0 Å². The molecule has 2 amide bonds. The highest BCUT2D eigenvalue weighted by atomic mass is 16.2. The molecule has 0 radical (unpaired) electrons. The Morgan fingerprint density at radius 1 is 1.21 bits per heavy atom. The van der Waals surface area contributed by atoms with E-state index in [1.807, 2.05) is 35.2 Å². The monoisotopic (exact) mass is 255 g/mol. The predicted molar refractivity (Wildman–Crippen MR) is 76.3 cm³/mol. The van der Waals surface area contributed by atoms with Gasteiger partial charge in [-0.25, -0.2) is 9.78 Å². The highest BCUT2D eigenvalue weighted by molar-refractivity contribution is 6.00. The summed E-state index contributed by atoms with van der Waals surface area (Å²) < 4.78 is 0. The number of pyridine rings is 1. The number of benzene rings is 1. The van der Waals surface area contributed by atoms with E-state index in [-0.39, 0.29) is 6.03 Å². The Hall–Kier alpha value is -2.10. The van der Waals surface area contributed by atoms with Crippen LogP contribution in [-0.2, 0) is 0 Å². The Morgan fingerprint density at radius 2 is 1.95 bits per heavy atom. The molecule has 2 heterocycles. The maximum Gasteiger partial charge on any atom is 0.325 e. The molecule has 19 heavy (non-hydrogen) atoms. The molecule has 4 heteroatoms. The van der Waals surface area contributed by atoms with Crippen LogP contribution in [0.4, 0.5) is 10.6 Å². The van der Waals surface area contributed by atoms with Crippen molar-refractivity contribution < 1.29 is 4.79 Å². The molecule has 0 aliphatic carbocycles. The number of fused-ring (bicyclic) bond motifs is 1. The van der Waals surface area contributed by atoms with E-state index in [4.69, 9.17) is 0 Å². The average Bonchev–Trinajstić information content (AvgIpc) is 2.99. The Kier molecular flexibility index (Phi) is 3.07. The van der Waals surface area contributed by atoms with Gasteiger partial charge in [0, 0.05) is 31.7 Å². The van der Waals surface area contributed by atoms with Gasteiger partial charge in [0.25, 0.3) is 0 Å². The van der Waals surface area contributed by atoms with Gasteiger partial charge in [-0.1, -0.05) is 24.3 Å². The summed E-state index contributed by atoms with van der Waals surface area (Å²) in [5.74, 6) is 0.731. The first kappa shape index (κ1) is 12.0. The van der Waals surface area contributed by atoms with Crippen molar-refractivity contribution in [2.75, 3.05) is 25.0 Å². The van der Waals surface area contributed by atoms with Gasteiger partial charge in [-0.05, 0) is 24.3 Å². The molecule has 1 aliphatic heterocycles. The summed E-state index contributed by atoms with van der Waals surface area (Å²) in [5.41, 5.74) is 0. The topological polar surface area (TPSA) is 36.4 Å². The van der Waals surface area contributed by atoms with E-state index in [0.29, 0.717) is 0 Å². The maximum atomic E-state index is 12.4. The SMILES string of the molecule is CN(C(=O)N1CCCC1)c1nccc2ccccc12. The van der Waals surface area contributed by atoms with Crippen molar-refractivity contribution in [3.05, 3.63) is 36.5 Å². The zero-order chi connectivity index (χ0) is 13.2. The summed E-state index contributed by atoms with van der Waals surface area (Å²) in [5, 5.41) is 2.12. The lowest BCUT2D eigenvalue weighted by Gasteiger charge is -2.24. The minimum Gasteiger partial charge on any atom is -0.324 e. The number of amides is 2. The number of carbonyl (C=O) groups is 1. The molecule has 0 saturated carbocycles. The van der Waals surface area contributed by atoms with Crippen LogP contribution in [0.1, 0.15) is 12.8 Å². The number of anilines is 1. The Morgan fingerprint density at radius 3 is 2.74 bits per heavy atom. The normalized spacial score (nSPS) is 14.9. The summed E-state index contributed by atoms with van der Waals surface area (Å²) in [6.07, 6.45) is 3.95. The van der Waals surface area contributed by atoms with Gasteiger partial charge in [0.1, 0.15) is 5.82 Å². The van der Waals surface area contributed by atoms with Crippen LogP contribution < -0.4 is 4.90 Å². The van der Waals surface area contributed by atoms with Crippen molar-refractivity contribution in [1.82, 2.24) is 9.88 Å². The van der Waals surface area contributed by atoms with Crippen LogP contribution >= 0.6 is 0 Å². The Balaban J connectivity index is 1.97. The molecule has 4 nitrogen and oxygen atoms in total. The molecule has 2 aromatic rings. The van der Waals surface area contributed by atoms with Gasteiger partial charge in [0.2, 0.25) is 0 Å². The molecular weight excluding hydrogens is 238 g/mol. The Labute approximate surface area is 112 Å². The zero-order valence-electron chi connectivity index (χ0n) is 11.0. The predicted octanol–water partition coefficient (Wildman–Crippen LogP) is 2.89. The summed E-state index contributed by atoms with van der Waals surface area (Å²) >= 11 is 0. The van der Waals surface area contributed by atoms with Crippen molar-refractivity contribution in [2.24, 2.45) is 0 Å². The van der Waals surface area contributed by atoms with E-state index in [9.17, 15) is 4.79 Å². The van der Waals surface area contributed by atoms with Crippen molar-refractivity contribution in [1.29, 1.82) is 0 Å². The van der Waals surface area contributed by atoms with Crippen LogP contribution in [0.3, 0.4) is 0 Å². The van der Waals surface area contributed by atoms with Gasteiger partial charge in [-0.15, -0.1) is 0 Å². The van der Waals surface area contributed by atoms with Crippen LogP contribution in [-0.4, -0.2) is 36.1 Å². The molecule has 1 saturated heterocycles. The standard InChI is InChI=1S/C15H17N3O/c1-17(15(19)18-10-4-5-11-18)14-13-7-3-2-6-12(13)8-9-16-14/h2-3,6-9H,4-5,10-11H2,1H3. The second kappa shape index (κ2) is 4.88. The molecule has 3 rings (SSSR count). The third-order valence-corrected chi connectivity index (χ3v) is 3.63. The van der Waals surface area contributed by atoms with Crippen LogP contribution in [0.15, 0.2) is 36.5 Å². The first-order chi connectivity index (χ1) is 9.27.